The van der Waals surface area contributed by atoms with E-state index in [2.05, 4.69) is 5.32 Å². The maximum Gasteiger partial charge on any atom is 0.237 e. The molecule has 2 aromatic rings. The summed E-state index contributed by atoms with van der Waals surface area (Å²) in [5.74, 6) is -0.133. The normalized spacial score (nSPS) is 12.0. The third kappa shape index (κ3) is 4.56. The van der Waals surface area contributed by atoms with E-state index >= 15 is 0 Å². The maximum absolute atomic E-state index is 12.2. The van der Waals surface area contributed by atoms with Crippen LogP contribution in [0.25, 0.3) is 0 Å². The van der Waals surface area contributed by atoms with E-state index in [1.165, 1.54) is 11.8 Å². The van der Waals surface area contributed by atoms with Gasteiger partial charge in [0.2, 0.25) is 5.91 Å². The molecule has 110 valence electrons. The Morgan fingerprint density at radius 3 is 2.67 bits per heavy atom. The zero-order chi connectivity index (χ0) is 15.4. The monoisotopic (exact) mass is 340 g/mol. The van der Waals surface area contributed by atoms with Gasteiger partial charge in [-0.15, -0.1) is 11.8 Å². The molecular formula is C15H14Cl2N2OS. The molecule has 0 radical (unpaired) electrons. The summed E-state index contributed by atoms with van der Waals surface area (Å²) in [5.41, 5.74) is 6.95. The lowest BCUT2D eigenvalue weighted by Crippen LogP contribution is -2.22. The highest BCUT2D eigenvalue weighted by Gasteiger charge is 2.16. The number of halogens is 2. The molecule has 0 aromatic heterocycles. The van der Waals surface area contributed by atoms with Crippen molar-refractivity contribution in [1.82, 2.24) is 0 Å². The number of nitrogens with one attached hydrogen (secondary N) is 1. The second-order valence-corrected chi connectivity index (χ2v) is 6.70. The summed E-state index contributed by atoms with van der Waals surface area (Å²) in [6, 6.07) is 12.4. The molecule has 1 unspecified atom stereocenters. The molecule has 0 saturated heterocycles. The van der Waals surface area contributed by atoms with Crippen LogP contribution < -0.4 is 11.1 Å². The Labute approximate surface area is 137 Å². The van der Waals surface area contributed by atoms with Gasteiger partial charge in [0, 0.05) is 15.6 Å². The Morgan fingerprint density at radius 1 is 1.24 bits per heavy atom. The van der Waals surface area contributed by atoms with Crippen molar-refractivity contribution >= 4 is 52.2 Å². The van der Waals surface area contributed by atoms with Crippen LogP contribution in [0.3, 0.4) is 0 Å². The number of carbonyl (C=O) groups is 1. The van der Waals surface area contributed by atoms with E-state index in [1.54, 1.807) is 18.2 Å². The highest BCUT2D eigenvalue weighted by molar-refractivity contribution is 8.00. The van der Waals surface area contributed by atoms with Gasteiger partial charge in [0.05, 0.1) is 16.0 Å². The Balaban J connectivity index is 2.02. The van der Waals surface area contributed by atoms with Gasteiger partial charge in [0.25, 0.3) is 0 Å². The van der Waals surface area contributed by atoms with Gasteiger partial charge >= 0.3 is 0 Å². The average molecular weight is 341 g/mol. The molecule has 0 aliphatic heterocycles. The van der Waals surface area contributed by atoms with Gasteiger partial charge in [0.1, 0.15) is 0 Å². The fraction of sp³-hybridized carbons (Fsp3) is 0.133. The minimum absolute atomic E-state index is 0.133. The summed E-state index contributed by atoms with van der Waals surface area (Å²) in [4.78, 5) is 13.1. The molecule has 3 N–H and O–H groups in total. The van der Waals surface area contributed by atoms with Crippen LogP contribution in [0.1, 0.15) is 6.92 Å². The zero-order valence-corrected chi connectivity index (χ0v) is 13.6. The number of rotatable bonds is 4. The van der Waals surface area contributed by atoms with Gasteiger partial charge in [-0.05, 0) is 43.3 Å². The summed E-state index contributed by atoms with van der Waals surface area (Å²) >= 11 is 13.3. The molecule has 1 atom stereocenters. The minimum Gasteiger partial charge on any atom is -0.399 e. The molecule has 6 heteroatoms. The van der Waals surface area contributed by atoms with E-state index in [0.717, 1.165) is 4.90 Å². The Kier molecular flexibility index (Phi) is 5.39. The van der Waals surface area contributed by atoms with Crippen molar-refractivity contribution in [3.8, 4) is 0 Å². The lowest BCUT2D eigenvalue weighted by Gasteiger charge is -2.13. The molecule has 0 aliphatic rings. The first-order chi connectivity index (χ1) is 9.95. The summed E-state index contributed by atoms with van der Waals surface area (Å²) in [6.07, 6.45) is 0. The van der Waals surface area contributed by atoms with Crippen LogP contribution in [0, 0.1) is 0 Å². The van der Waals surface area contributed by atoms with E-state index in [1.807, 2.05) is 31.2 Å². The van der Waals surface area contributed by atoms with Crippen molar-refractivity contribution < 1.29 is 4.79 Å². The van der Waals surface area contributed by atoms with E-state index in [4.69, 9.17) is 28.9 Å². The highest BCUT2D eigenvalue weighted by Crippen LogP contribution is 2.28. The van der Waals surface area contributed by atoms with Gasteiger partial charge in [-0.3, -0.25) is 4.79 Å². The topological polar surface area (TPSA) is 55.1 Å². The predicted molar refractivity (Wildman–Crippen MR) is 91.3 cm³/mol. The molecule has 0 heterocycles. The van der Waals surface area contributed by atoms with E-state index in [-0.39, 0.29) is 11.2 Å². The first-order valence-electron chi connectivity index (χ1n) is 6.24. The fourth-order valence-electron chi connectivity index (χ4n) is 1.67. The second kappa shape index (κ2) is 7.07. The van der Waals surface area contributed by atoms with Crippen molar-refractivity contribution in [2.45, 2.75) is 17.1 Å². The minimum atomic E-state index is -0.279. The third-order valence-electron chi connectivity index (χ3n) is 2.73. The Morgan fingerprint density at radius 2 is 2.00 bits per heavy atom. The molecule has 3 nitrogen and oxygen atoms in total. The fourth-order valence-corrected chi connectivity index (χ4v) is 3.06. The van der Waals surface area contributed by atoms with Crippen LogP contribution in [-0.4, -0.2) is 11.2 Å². The van der Waals surface area contributed by atoms with Crippen molar-refractivity contribution in [1.29, 1.82) is 0 Å². The lowest BCUT2D eigenvalue weighted by atomic mass is 10.3. The van der Waals surface area contributed by atoms with Crippen LogP contribution in [0.2, 0.25) is 10.0 Å². The number of hydrogen-bond donors (Lipinski definition) is 2. The van der Waals surface area contributed by atoms with Crippen LogP contribution >= 0.6 is 35.0 Å². The number of nitrogen functional groups attached to an aromatic ring is 1. The largest absolute Gasteiger partial charge is 0.399 e. The second-order valence-electron chi connectivity index (χ2n) is 4.45. The molecule has 0 spiro atoms. The number of anilines is 2. The number of nitrogens with two attached hydrogens (primary N) is 1. The number of carbonyl (C=O) groups excluding carboxylic acids is 1. The lowest BCUT2D eigenvalue weighted by molar-refractivity contribution is -0.115. The SMILES string of the molecule is CC(Sc1cccc(N)c1)C(=O)Nc1ccc(Cl)cc1Cl. The summed E-state index contributed by atoms with van der Waals surface area (Å²) in [7, 11) is 0. The van der Waals surface area contributed by atoms with Crippen molar-refractivity contribution in [2.24, 2.45) is 0 Å². The molecule has 21 heavy (non-hydrogen) atoms. The van der Waals surface area contributed by atoms with Gasteiger partial charge < -0.3 is 11.1 Å². The molecule has 0 saturated carbocycles. The number of amides is 1. The van der Waals surface area contributed by atoms with E-state index in [0.29, 0.717) is 21.4 Å². The number of hydrogen-bond acceptors (Lipinski definition) is 3. The number of benzene rings is 2. The van der Waals surface area contributed by atoms with E-state index in [9.17, 15) is 4.79 Å². The van der Waals surface area contributed by atoms with Crippen molar-refractivity contribution in [2.75, 3.05) is 11.1 Å². The molecule has 0 bridgehead atoms. The smallest absolute Gasteiger partial charge is 0.237 e. The van der Waals surface area contributed by atoms with Crippen molar-refractivity contribution in [3.63, 3.8) is 0 Å². The molecule has 1 amide bonds. The quantitative estimate of drug-likeness (QED) is 0.626. The van der Waals surface area contributed by atoms with E-state index < -0.39 is 0 Å². The van der Waals surface area contributed by atoms with Crippen LogP contribution in [0.4, 0.5) is 11.4 Å². The molecule has 0 aliphatic carbocycles. The van der Waals surface area contributed by atoms with Gasteiger partial charge in [-0.1, -0.05) is 29.3 Å². The number of thioether (sulfide) groups is 1. The van der Waals surface area contributed by atoms with Gasteiger partial charge in [0.15, 0.2) is 0 Å². The zero-order valence-electron chi connectivity index (χ0n) is 11.3. The van der Waals surface area contributed by atoms with Gasteiger partial charge in [-0.25, -0.2) is 0 Å². The molecule has 2 rings (SSSR count). The van der Waals surface area contributed by atoms with Crippen LogP contribution in [0.15, 0.2) is 47.4 Å². The molecular weight excluding hydrogens is 327 g/mol. The summed E-state index contributed by atoms with van der Waals surface area (Å²) in [6.45, 7) is 1.83. The average Bonchev–Trinajstić information content (AvgIpc) is 2.41. The molecule has 2 aromatic carbocycles. The first-order valence-corrected chi connectivity index (χ1v) is 7.87. The Bertz CT molecular complexity index is 664. The van der Waals surface area contributed by atoms with Gasteiger partial charge in [-0.2, -0.15) is 0 Å². The third-order valence-corrected chi connectivity index (χ3v) is 4.37. The standard InChI is InChI=1S/C15H14Cl2N2OS/c1-9(21-12-4-2-3-11(18)8-12)15(20)19-14-6-5-10(16)7-13(14)17/h2-9H,18H2,1H3,(H,19,20). The van der Waals surface area contributed by atoms with Crippen molar-refractivity contribution in [3.05, 3.63) is 52.5 Å². The predicted octanol–water partition coefficient (Wildman–Crippen LogP) is 4.69. The summed E-state index contributed by atoms with van der Waals surface area (Å²) < 4.78 is 0. The van der Waals surface area contributed by atoms with Crippen LogP contribution in [-0.2, 0) is 4.79 Å². The summed E-state index contributed by atoms with van der Waals surface area (Å²) in [5, 5.41) is 3.45. The Hall–Kier alpha value is -1.36. The van der Waals surface area contributed by atoms with Crippen LogP contribution in [0.5, 0.6) is 0 Å². The first kappa shape index (κ1) is 16.0. The molecule has 0 fully saturated rings. The maximum atomic E-state index is 12.2. The highest BCUT2D eigenvalue weighted by atomic mass is 35.5.